The van der Waals surface area contributed by atoms with E-state index in [4.69, 9.17) is 9.63 Å². The Morgan fingerprint density at radius 3 is 3.24 bits per heavy atom. The van der Waals surface area contributed by atoms with Crippen molar-refractivity contribution in [2.45, 2.75) is 17.5 Å². The smallest absolute Gasteiger partial charge is 0.313 e. The molecule has 0 saturated heterocycles. The Morgan fingerprint density at radius 1 is 1.57 bits per heavy atom. The number of aliphatic carboxylic acids is 1. The van der Waals surface area contributed by atoms with Crippen molar-refractivity contribution in [2.24, 2.45) is 0 Å². The zero-order valence-corrected chi connectivity index (χ0v) is 12.3. The summed E-state index contributed by atoms with van der Waals surface area (Å²) < 4.78 is 6.61. The highest BCUT2D eigenvalue weighted by Gasteiger charge is 2.20. The van der Waals surface area contributed by atoms with Crippen molar-refractivity contribution in [1.29, 1.82) is 0 Å². The van der Waals surface area contributed by atoms with E-state index in [1.165, 1.54) is 18.0 Å². The summed E-state index contributed by atoms with van der Waals surface area (Å²) in [6.45, 7) is 0.624. The quantitative estimate of drug-likeness (QED) is 0.794. The van der Waals surface area contributed by atoms with Crippen LogP contribution in [0.1, 0.15) is 5.89 Å². The SMILES string of the molecule is O=C(O)CSCc1nc(-c2cnc3n(c2=O)CCS3)no1. The number of hydrogen-bond acceptors (Lipinski definition) is 8. The Kier molecular flexibility index (Phi) is 3.97. The molecule has 3 heterocycles. The molecule has 2 aromatic heterocycles. The molecular weight excluding hydrogens is 316 g/mol. The standard InChI is InChI=1S/C11H10N4O4S2/c16-8(17)5-20-4-7-13-9(14-19-7)6-3-12-11-15(10(6)18)1-2-21-11/h3H,1-2,4-5H2,(H,16,17). The number of carboxylic acids is 1. The lowest BCUT2D eigenvalue weighted by Crippen LogP contribution is -2.22. The van der Waals surface area contributed by atoms with Gasteiger partial charge in [-0.3, -0.25) is 14.2 Å². The van der Waals surface area contributed by atoms with Crippen molar-refractivity contribution in [2.75, 3.05) is 11.5 Å². The summed E-state index contributed by atoms with van der Waals surface area (Å²) in [5, 5.41) is 13.0. The summed E-state index contributed by atoms with van der Waals surface area (Å²) in [7, 11) is 0. The lowest BCUT2D eigenvalue weighted by Gasteiger charge is -2.01. The number of aromatic nitrogens is 4. The minimum absolute atomic E-state index is 0.0437. The molecule has 0 aromatic carbocycles. The lowest BCUT2D eigenvalue weighted by atomic mass is 10.3. The van der Waals surface area contributed by atoms with Gasteiger partial charge in [-0.2, -0.15) is 4.98 Å². The van der Waals surface area contributed by atoms with Crippen LogP contribution in [0.2, 0.25) is 0 Å². The fourth-order valence-corrected chi connectivity index (χ4v) is 3.30. The molecule has 0 bridgehead atoms. The third-order valence-electron chi connectivity index (χ3n) is 2.72. The summed E-state index contributed by atoms with van der Waals surface area (Å²) in [6.07, 6.45) is 1.45. The van der Waals surface area contributed by atoms with Crippen LogP contribution in [0, 0.1) is 0 Å². The molecule has 1 aliphatic heterocycles. The molecule has 0 saturated carbocycles. The molecule has 0 atom stereocenters. The Hall–Kier alpha value is -1.81. The van der Waals surface area contributed by atoms with Gasteiger partial charge in [0.2, 0.25) is 11.7 Å². The van der Waals surface area contributed by atoms with Crippen LogP contribution in [0.15, 0.2) is 20.7 Å². The zero-order chi connectivity index (χ0) is 14.8. The van der Waals surface area contributed by atoms with Gasteiger partial charge in [0, 0.05) is 18.5 Å². The molecule has 10 heteroatoms. The van der Waals surface area contributed by atoms with E-state index in [2.05, 4.69) is 15.1 Å². The van der Waals surface area contributed by atoms with Crippen LogP contribution in [0.25, 0.3) is 11.4 Å². The molecule has 1 N–H and O–H groups in total. The van der Waals surface area contributed by atoms with Crippen molar-refractivity contribution in [3.63, 3.8) is 0 Å². The molecule has 0 spiro atoms. The highest BCUT2D eigenvalue weighted by molar-refractivity contribution is 7.99. The van der Waals surface area contributed by atoms with E-state index in [9.17, 15) is 9.59 Å². The maximum Gasteiger partial charge on any atom is 0.313 e. The molecule has 110 valence electrons. The molecule has 8 nitrogen and oxygen atoms in total. The number of rotatable bonds is 5. The zero-order valence-electron chi connectivity index (χ0n) is 10.7. The number of hydrogen-bond donors (Lipinski definition) is 1. The maximum absolute atomic E-state index is 12.3. The highest BCUT2D eigenvalue weighted by atomic mass is 32.2. The van der Waals surface area contributed by atoms with Crippen LogP contribution in [-0.2, 0) is 17.1 Å². The van der Waals surface area contributed by atoms with Crippen LogP contribution in [0.5, 0.6) is 0 Å². The van der Waals surface area contributed by atoms with E-state index >= 15 is 0 Å². The molecule has 0 radical (unpaired) electrons. The van der Waals surface area contributed by atoms with E-state index in [0.717, 1.165) is 17.5 Å². The van der Waals surface area contributed by atoms with E-state index in [0.29, 0.717) is 17.3 Å². The largest absolute Gasteiger partial charge is 0.481 e. The third-order valence-corrected chi connectivity index (χ3v) is 4.59. The molecule has 1 aliphatic rings. The average Bonchev–Trinajstić information content (AvgIpc) is 3.08. The van der Waals surface area contributed by atoms with Gasteiger partial charge in [-0.05, 0) is 0 Å². The normalized spacial score (nSPS) is 13.3. The average molecular weight is 326 g/mol. The number of carbonyl (C=O) groups is 1. The number of nitrogens with zero attached hydrogens (tertiary/aromatic N) is 4. The first kappa shape index (κ1) is 14.1. The molecule has 0 amide bonds. The highest BCUT2D eigenvalue weighted by Crippen LogP contribution is 2.22. The predicted octanol–water partition coefficient (Wildman–Crippen LogP) is 0.717. The second-order valence-corrected chi connectivity index (χ2v) is 6.21. The Labute approximate surface area is 127 Å². The van der Waals surface area contributed by atoms with Crippen molar-refractivity contribution < 1.29 is 14.4 Å². The van der Waals surface area contributed by atoms with Gasteiger partial charge in [-0.15, -0.1) is 11.8 Å². The van der Waals surface area contributed by atoms with Crippen molar-refractivity contribution in [3.05, 3.63) is 22.4 Å². The molecule has 0 unspecified atom stereocenters. The monoisotopic (exact) mass is 326 g/mol. The van der Waals surface area contributed by atoms with Crippen LogP contribution in [-0.4, -0.2) is 42.3 Å². The first-order valence-corrected chi connectivity index (χ1v) is 8.14. The summed E-state index contributed by atoms with van der Waals surface area (Å²) in [6, 6.07) is 0. The number of carboxylic acid groups (broad SMARTS) is 1. The van der Waals surface area contributed by atoms with Gasteiger partial charge < -0.3 is 9.63 Å². The Morgan fingerprint density at radius 2 is 2.43 bits per heavy atom. The van der Waals surface area contributed by atoms with E-state index < -0.39 is 5.97 Å². The van der Waals surface area contributed by atoms with E-state index in [1.54, 1.807) is 4.57 Å². The minimum atomic E-state index is -0.904. The Balaban J connectivity index is 1.80. The topological polar surface area (TPSA) is 111 Å². The van der Waals surface area contributed by atoms with Gasteiger partial charge in [0.15, 0.2) is 5.16 Å². The summed E-state index contributed by atoms with van der Waals surface area (Å²) in [5.74, 6) is 0.640. The second kappa shape index (κ2) is 5.90. The second-order valence-electron chi connectivity index (χ2n) is 4.16. The van der Waals surface area contributed by atoms with Crippen molar-refractivity contribution in [3.8, 4) is 11.4 Å². The van der Waals surface area contributed by atoms with E-state index in [-0.39, 0.29) is 28.8 Å². The fourth-order valence-electron chi connectivity index (χ4n) is 1.82. The van der Waals surface area contributed by atoms with Gasteiger partial charge in [-0.25, -0.2) is 4.98 Å². The summed E-state index contributed by atoms with van der Waals surface area (Å²) >= 11 is 2.68. The molecule has 2 aromatic rings. The van der Waals surface area contributed by atoms with E-state index in [1.807, 2.05) is 0 Å². The lowest BCUT2D eigenvalue weighted by molar-refractivity contribution is -0.133. The van der Waals surface area contributed by atoms with Gasteiger partial charge in [0.25, 0.3) is 5.56 Å². The third kappa shape index (κ3) is 2.95. The predicted molar refractivity (Wildman–Crippen MR) is 76.3 cm³/mol. The van der Waals surface area contributed by atoms with Crippen LogP contribution in [0.3, 0.4) is 0 Å². The van der Waals surface area contributed by atoms with Gasteiger partial charge in [-0.1, -0.05) is 16.9 Å². The number of thioether (sulfide) groups is 2. The van der Waals surface area contributed by atoms with Crippen molar-refractivity contribution >= 4 is 29.5 Å². The molecule has 21 heavy (non-hydrogen) atoms. The molecular formula is C11H10N4O4S2. The molecule has 0 aliphatic carbocycles. The maximum atomic E-state index is 12.3. The van der Waals surface area contributed by atoms with Crippen LogP contribution < -0.4 is 5.56 Å². The first-order valence-electron chi connectivity index (χ1n) is 6.00. The minimum Gasteiger partial charge on any atom is -0.481 e. The first-order chi connectivity index (χ1) is 10.1. The number of fused-ring (bicyclic) bond motifs is 1. The summed E-state index contributed by atoms with van der Waals surface area (Å²) in [4.78, 5) is 31.0. The van der Waals surface area contributed by atoms with Gasteiger partial charge >= 0.3 is 5.97 Å². The molecule has 3 rings (SSSR count). The molecule has 0 fully saturated rings. The fraction of sp³-hybridized carbons (Fsp3) is 0.364. The van der Waals surface area contributed by atoms with Crippen LogP contribution >= 0.6 is 23.5 Å². The summed E-state index contributed by atoms with van der Waals surface area (Å²) in [5.41, 5.74) is 0.107. The van der Waals surface area contributed by atoms with Gasteiger partial charge in [0.1, 0.15) is 5.56 Å². The van der Waals surface area contributed by atoms with Crippen LogP contribution in [0.4, 0.5) is 0 Å². The van der Waals surface area contributed by atoms with Gasteiger partial charge in [0.05, 0.1) is 11.5 Å². The van der Waals surface area contributed by atoms with Crippen molar-refractivity contribution in [1.82, 2.24) is 19.7 Å². The Bertz CT molecular complexity index is 742.